The molecule has 2 aromatic carbocycles. The van der Waals surface area contributed by atoms with Crippen LogP contribution in [-0.4, -0.2) is 32.6 Å². The summed E-state index contributed by atoms with van der Waals surface area (Å²) < 4.78 is 4.19. The van der Waals surface area contributed by atoms with E-state index in [1.54, 1.807) is 0 Å². The molecule has 2 amide bonds. The quantitative estimate of drug-likeness (QED) is 0.719. The van der Waals surface area contributed by atoms with Crippen molar-refractivity contribution in [2.45, 2.75) is 12.8 Å². The van der Waals surface area contributed by atoms with E-state index in [1.807, 2.05) is 6.07 Å². The van der Waals surface area contributed by atoms with Crippen LogP contribution in [0.2, 0.25) is 0 Å². The third-order valence-corrected chi connectivity index (χ3v) is 17.2. The molecule has 3 aliphatic heterocycles. The summed E-state index contributed by atoms with van der Waals surface area (Å²) in [6.07, 6.45) is 2.37. The van der Waals surface area contributed by atoms with E-state index in [2.05, 4.69) is 60.8 Å². The van der Waals surface area contributed by atoms with Gasteiger partial charge in [-0.25, -0.2) is 0 Å². The van der Waals surface area contributed by atoms with Crippen molar-refractivity contribution in [3.63, 3.8) is 0 Å². The Balaban J connectivity index is 1.66. The number of hydrogen-bond acceptors (Lipinski definition) is 3. The van der Waals surface area contributed by atoms with Gasteiger partial charge in [0, 0.05) is 0 Å². The van der Waals surface area contributed by atoms with Gasteiger partial charge in [0.05, 0.1) is 0 Å². The molecule has 5 rings (SSSR count). The number of amides is 2. The molecule has 5 heteroatoms. The van der Waals surface area contributed by atoms with Gasteiger partial charge in [0.25, 0.3) is 0 Å². The number of carbonyl (C=O) groups is 2. The Morgan fingerprint density at radius 3 is 2.52 bits per heavy atom. The molecular weight excluding hydrogens is 433 g/mol. The third-order valence-electron chi connectivity index (χ3n) is 5.33. The van der Waals surface area contributed by atoms with Crippen LogP contribution in [0, 0.1) is 0 Å². The molecule has 1 fully saturated rings. The number of allylic oxidation sites excluding steroid dienone is 1. The van der Waals surface area contributed by atoms with Crippen LogP contribution in [0.1, 0.15) is 29.5 Å². The van der Waals surface area contributed by atoms with E-state index < -0.39 is 21.4 Å². The van der Waals surface area contributed by atoms with E-state index in [-0.39, 0.29) is 11.1 Å². The summed E-state index contributed by atoms with van der Waals surface area (Å²) in [6, 6.07) is 17.0. The normalized spacial score (nSPS) is 21.6. The number of rotatable bonds is 2. The first-order valence-electron chi connectivity index (χ1n) is 8.32. The fourth-order valence-corrected chi connectivity index (χ4v) is 17.1. The summed E-state index contributed by atoms with van der Waals surface area (Å²) in [5.41, 5.74) is 3.81. The number of imide groups is 1. The van der Waals surface area contributed by atoms with Crippen LogP contribution in [-0.2, 0) is 4.79 Å². The van der Waals surface area contributed by atoms with Gasteiger partial charge in [-0.1, -0.05) is 0 Å². The molecule has 120 valence electrons. The van der Waals surface area contributed by atoms with Gasteiger partial charge in [-0.15, -0.1) is 0 Å². The summed E-state index contributed by atoms with van der Waals surface area (Å²) in [4.78, 5) is 24.7. The number of carbonyl (C=O) groups excluding carboxylic acids is 2. The Morgan fingerprint density at radius 1 is 1.04 bits per heavy atom. The van der Waals surface area contributed by atoms with Crippen molar-refractivity contribution in [2.24, 2.45) is 0 Å². The number of thioether (sulfide) groups is 1. The van der Waals surface area contributed by atoms with Crippen molar-refractivity contribution in [3.8, 4) is 0 Å². The minimum absolute atomic E-state index is 0.214. The molecular formula is C20H14InNO2S. The van der Waals surface area contributed by atoms with Crippen molar-refractivity contribution < 1.29 is 9.59 Å². The standard InChI is InChI=1S/C20H14NO2S.In/c1-14(15-7-3-2-4-8-15)11-12-16-9-5-6-10-17(16)13-18-19(22)21-20(23)24-18;/h2-8,10,12,14H,1H3,(H,21,22,23);. The molecule has 1 atom stereocenters. The van der Waals surface area contributed by atoms with E-state index in [0.29, 0.717) is 10.8 Å². The van der Waals surface area contributed by atoms with Gasteiger partial charge in [0.1, 0.15) is 0 Å². The zero-order valence-corrected chi connectivity index (χ0v) is 17.7. The summed E-state index contributed by atoms with van der Waals surface area (Å²) in [6.45, 7) is 2.26. The molecule has 1 saturated heterocycles. The second-order valence-corrected chi connectivity index (χ2v) is 15.4. The first-order chi connectivity index (χ1) is 12.1. The number of hydrogen-bond donors (Lipinski definition) is 1. The van der Waals surface area contributed by atoms with Gasteiger partial charge in [0.15, 0.2) is 0 Å². The van der Waals surface area contributed by atoms with E-state index >= 15 is 0 Å². The Labute approximate surface area is 157 Å². The number of nitrogens with one attached hydrogen (secondary N) is 1. The molecule has 3 aliphatic rings. The maximum atomic E-state index is 12.3. The zero-order valence-electron chi connectivity index (χ0n) is 13.6. The Morgan fingerprint density at radius 2 is 1.84 bits per heavy atom. The molecule has 0 radical (unpaired) electrons. The predicted octanol–water partition coefficient (Wildman–Crippen LogP) is 3.38. The summed E-state index contributed by atoms with van der Waals surface area (Å²) in [7, 11) is 0. The van der Waals surface area contributed by atoms with Crippen LogP contribution in [0.3, 0.4) is 0 Å². The maximum absolute atomic E-state index is 12.3. The molecule has 1 unspecified atom stereocenters. The van der Waals surface area contributed by atoms with Crippen LogP contribution in [0.5, 0.6) is 0 Å². The van der Waals surface area contributed by atoms with Crippen LogP contribution in [0.25, 0.3) is 9.41 Å². The minimum atomic E-state index is -2.52. The molecule has 3 nitrogen and oxygen atoms in total. The fraction of sp³-hybridized carbons (Fsp3) is 0.100. The Hall–Kier alpha value is -1.72. The monoisotopic (exact) mass is 447 g/mol. The molecule has 0 saturated carbocycles. The van der Waals surface area contributed by atoms with Crippen molar-refractivity contribution in [2.75, 3.05) is 0 Å². The molecule has 0 aromatic heterocycles. The molecule has 0 aliphatic carbocycles. The third kappa shape index (κ3) is 2.22. The summed E-state index contributed by atoms with van der Waals surface area (Å²) in [5, 5.41) is 2.19. The molecule has 4 bridgehead atoms. The average molecular weight is 447 g/mol. The fourth-order valence-electron chi connectivity index (χ4n) is 4.19. The van der Waals surface area contributed by atoms with Gasteiger partial charge in [-0.05, 0) is 0 Å². The second kappa shape index (κ2) is 5.64. The molecule has 3 heterocycles. The van der Waals surface area contributed by atoms with Gasteiger partial charge in [-0.2, -0.15) is 0 Å². The van der Waals surface area contributed by atoms with Gasteiger partial charge >= 0.3 is 158 Å². The van der Waals surface area contributed by atoms with Crippen molar-refractivity contribution in [1.29, 1.82) is 0 Å². The van der Waals surface area contributed by atoms with Crippen LogP contribution >= 0.6 is 11.8 Å². The average Bonchev–Trinajstić information content (AvgIpc) is 3.21. The zero-order chi connectivity index (χ0) is 17.1. The van der Waals surface area contributed by atoms with Crippen LogP contribution in [0.15, 0.2) is 56.8 Å². The van der Waals surface area contributed by atoms with Crippen LogP contribution in [0.4, 0.5) is 4.79 Å². The first kappa shape index (κ1) is 15.5. The van der Waals surface area contributed by atoms with E-state index in [1.165, 1.54) is 26.7 Å². The van der Waals surface area contributed by atoms with Gasteiger partial charge in [0.2, 0.25) is 0 Å². The second-order valence-electron chi connectivity index (χ2n) is 6.60. The van der Waals surface area contributed by atoms with Crippen molar-refractivity contribution in [1.82, 2.24) is 5.32 Å². The summed E-state index contributed by atoms with van der Waals surface area (Å²) >= 11 is -1.44. The Bertz CT molecular complexity index is 1010. The van der Waals surface area contributed by atoms with E-state index in [4.69, 9.17) is 0 Å². The van der Waals surface area contributed by atoms with Crippen molar-refractivity contribution in [3.05, 3.63) is 73.5 Å². The molecule has 2 aromatic rings. The molecule has 0 spiro atoms. The topological polar surface area (TPSA) is 46.2 Å². The summed E-state index contributed by atoms with van der Waals surface area (Å²) in [5.74, 6) is 0.136. The van der Waals surface area contributed by atoms with Crippen LogP contribution < -0.4 is 8.64 Å². The predicted molar refractivity (Wildman–Crippen MR) is 103 cm³/mol. The van der Waals surface area contributed by atoms with E-state index in [9.17, 15) is 9.59 Å². The first-order valence-corrected chi connectivity index (χ1v) is 14.1. The Kier molecular flexibility index (Phi) is 3.51. The molecule has 25 heavy (non-hydrogen) atoms. The molecule has 1 N–H and O–H groups in total. The van der Waals surface area contributed by atoms with Gasteiger partial charge < -0.3 is 0 Å². The van der Waals surface area contributed by atoms with Gasteiger partial charge in [-0.3, -0.25) is 0 Å². The SMILES string of the molecule is CC([C]1=Cc2c3ccc[c]2[In]1/[C]3=C1\SC(=O)NC1=O)c1ccccc1. The number of benzene rings is 2. The van der Waals surface area contributed by atoms with E-state index in [0.717, 1.165) is 11.8 Å². The van der Waals surface area contributed by atoms with Crippen molar-refractivity contribution >= 4 is 57.1 Å².